The number of benzene rings is 1. The molecule has 2 aliphatic heterocycles. The lowest BCUT2D eigenvalue weighted by Gasteiger charge is -2.40. The zero-order chi connectivity index (χ0) is 17.0. The molecule has 0 unspecified atom stereocenters. The van der Waals surface area contributed by atoms with E-state index in [1.54, 1.807) is 12.1 Å². The first-order valence-electron chi connectivity index (χ1n) is 8.33. The molecule has 0 bridgehead atoms. The molecule has 0 amide bonds. The fourth-order valence-corrected chi connectivity index (χ4v) is 7.87. The summed E-state index contributed by atoms with van der Waals surface area (Å²) >= 11 is 0. The number of hydrogen-bond donors (Lipinski definition) is 0. The van der Waals surface area contributed by atoms with Crippen LogP contribution in [0.5, 0.6) is 5.75 Å². The second kappa shape index (κ2) is 5.44. The van der Waals surface area contributed by atoms with Crippen LogP contribution in [-0.2, 0) is 26.3 Å². The monoisotopic (exact) mass is 371 g/mol. The molecule has 4 rings (SSSR count). The van der Waals surface area contributed by atoms with Crippen molar-refractivity contribution in [3.05, 3.63) is 23.8 Å². The number of fused-ring (bicyclic) bond motifs is 1. The molecule has 1 aromatic carbocycles. The van der Waals surface area contributed by atoms with E-state index in [9.17, 15) is 16.8 Å². The highest BCUT2D eigenvalue weighted by Crippen LogP contribution is 2.44. The zero-order valence-electron chi connectivity index (χ0n) is 13.4. The van der Waals surface area contributed by atoms with E-state index in [1.807, 2.05) is 6.07 Å². The van der Waals surface area contributed by atoms with Crippen LogP contribution in [0.15, 0.2) is 23.1 Å². The summed E-state index contributed by atoms with van der Waals surface area (Å²) in [7, 11) is -7.00. The Hall–Kier alpha value is -1.12. The van der Waals surface area contributed by atoms with Crippen LogP contribution in [0.25, 0.3) is 0 Å². The fraction of sp³-hybridized carbons (Fsp3) is 0.625. The second-order valence-electron chi connectivity index (χ2n) is 6.85. The molecular formula is C16H21NO5S2. The Morgan fingerprint density at radius 1 is 1.12 bits per heavy atom. The van der Waals surface area contributed by atoms with E-state index in [-0.39, 0.29) is 23.7 Å². The maximum Gasteiger partial charge on any atom is 0.246 e. The average Bonchev–Trinajstić information content (AvgIpc) is 2.90. The summed E-state index contributed by atoms with van der Waals surface area (Å²) in [5, 5.41) is 0. The molecule has 2 heterocycles. The van der Waals surface area contributed by atoms with Gasteiger partial charge in [-0.15, -0.1) is 0 Å². The van der Waals surface area contributed by atoms with Crippen molar-refractivity contribution in [1.29, 1.82) is 0 Å². The molecular weight excluding hydrogens is 350 g/mol. The number of nitrogens with zero attached hydrogens (tertiary/aromatic N) is 1. The van der Waals surface area contributed by atoms with Crippen molar-refractivity contribution in [2.45, 2.75) is 41.7 Å². The highest BCUT2D eigenvalue weighted by Gasteiger charge is 2.50. The van der Waals surface area contributed by atoms with Crippen molar-refractivity contribution in [3.8, 4) is 5.75 Å². The summed E-state index contributed by atoms with van der Waals surface area (Å²) in [4.78, 5) is 0.166. The first-order chi connectivity index (χ1) is 11.4. The average molecular weight is 371 g/mol. The molecule has 1 saturated carbocycles. The van der Waals surface area contributed by atoms with Crippen LogP contribution in [0.4, 0.5) is 0 Å². The van der Waals surface area contributed by atoms with E-state index in [4.69, 9.17) is 4.74 Å². The van der Waals surface area contributed by atoms with Crippen molar-refractivity contribution >= 4 is 19.9 Å². The zero-order valence-corrected chi connectivity index (χ0v) is 15.0. The molecule has 24 heavy (non-hydrogen) atoms. The Bertz CT molecular complexity index is 872. The van der Waals surface area contributed by atoms with Crippen LogP contribution in [0.3, 0.4) is 0 Å². The number of para-hydroxylation sites is 1. The number of rotatable bonds is 2. The molecule has 0 aromatic heterocycles. The Morgan fingerprint density at radius 3 is 2.62 bits per heavy atom. The summed E-state index contributed by atoms with van der Waals surface area (Å²) in [6.07, 6.45) is 3.33. The van der Waals surface area contributed by atoms with E-state index in [1.165, 1.54) is 4.31 Å². The van der Waals surface area contributed by atoms with E-state index in [2.05, 4.69) is 0 Å². The SMILES string of the molecule is O=S(=O)(c1cccc2c1OCC2)N1CCC2(CCC2)S(=O)(=O)CC1. The summed E-state index contributed by atoms with van der Waals surface area (Å²) in [6.45, 7) is 0.765. The molecule has 2 fully saturated rings. The second-order valence-corrected chi connectivity index (χ2v) is 11.3. The number of ether oxygens (including phenoxy) is 1. The molecule has 1 spiro atoms. The molecule has 3 aliphatic rings. The third-order valence-corrected chi connectivity index (χ3v) is 10.2. The summed E-state index contributed by atoms with van der Waals surface area (Å²) in [5.74, 6) is 0.338. The number of hydrogen-bond acceptors (Lipinski definition) is 5. The van der Waals surface area contributed by atoms with Gasteiger partial charge in [-0.3, -0.25) is 0 Å². The van der Waals surface area contributed by atoms with Crippen LogP contribution in [0.1, 0.15) is 31.2 Å². The number of sulfone groups is 1. The lowest BCUT2D eigenvalue weighted by atomic mass is 9.82. The Labute approximate surface area is 142 Å². The van der Waals surface area contributed by atoms with Gasteiger partial charge in [-0.2, -0.15) is 4.31 Å². The maximum absolute atomic E-state index is 13.1. The van der Waals surface area contributed by atoms with Gasteiger partial charge in [0.15, 0.2) is 9.84 Å². The molecule has 1 aliphatic carbocycles. The van der Waals surface area contributed by atoms with Crippen molar-refractivity contribution in [2.24, 2.45) is 0 Å². The van der Waals surface area contributed by atoms with Gasteiger partial charge >= 0.3 is 0 Å². The minimum Gasteiger partial charge on any atom is -0.492 e. The van der Waals surface area contributed by atoms with Crippen LogP contribution < -0.4 is 4.74 Å². The van der Waals surface area contributed by atoms with Crippen LogP contribution in [0, 0.1) is 0 Å². The topological polar surface area (TPSA) is 80.8 Å². The normalized spacial score (nSPS) is 25.5. The predicted octanol–water partition coefficient (Wildman–Crippen LogP) is 1.35. The van der Waals surface area contributed by atoms with Crippen molar-refractivity contribution in [1.82, 2.24) is 4.31 Å². The number of sulfonamides is 1. The molecule has 1 saturated heterocycles. The van der Waals surface area contributed by atoms with Gasteiger partial charge in [0.05, 0.1) is 17.1 Å². The van der Waals surface area contributed by atoms with Crippen LogP contribution in [0.2, 0.25) is 0 Å². The summed E-state index contributed by atoms with van der Waals surface area (Å²) < 4.78 is 57.4. The highest BCUT2D eigenvalue weighted by molar-refractivity contribution is 7.93. The lowest BCUT2D eigenvalue weighted by Crippen LogP contribution is -2.46. The Kier molecular flexibility index (Phi) is 3.71. The molecule has 0 N–H and O–H groups in total. The van der Waals surface area contributed by atoms with Gasteiger partial charge in [-0.1, -0.05) is 18.6 Å². The van der Waals surface area contributed by atoms with Gasteiger partial charge in [0.25, 0.3) is 0 Å². The fourth-order valence-electron chi connectivity index (χ4n) is 3.93. The van der Waals surface area contributed by atoms with Gasteiger partial charge in [0.2, 0.25) is 10.0 Å². The van der Waals surface area contributed by atoms with Gasteiger partial charge in [0, 0.05) is 19.5 Å². The van der Waals surface area contributed by atoms with E-state index >= 15 is 0 Å². The molecule has 132 valence electrons. The third-order valence-electron chi connectivity index (χ3n) is 5.65. The molecule has 0 atom stereocenters. The quantitative estimate of drug-likeness (QED) is 0.784. The van der Waals surface area contributed by atoms with Gasteiger partial charge in [0.1, 0.15) is 10.6 Å². The minimum absolute atomic E-state index is 0.0239. The molecule has 6 nitrogen and oxygen atoms in total. The minimum atomic E-state index is -3.75. The van der Waals surface area contributed by atoms with Crippen LogP contribution in [-0.4, -0.2) is 51.3 Å². The van der Waals surface area contributed by atoms with E-state index in [0.29, 0.717) is 38.0 Å². The molecule has 1 aromatic rings. The summed E-state index contributed by atoms with van der Waals surface area (Å²) in [5.41, 5.74) is 0.897. The Balaban J connectivity index is 1.68. The standard InChI is InChI=1S/C16H21NO5S2/c18-23(19)12-10-17(9-8-16(23)6-2-7-16)24(20,21)14-4-1-3-13-5-11-22-15(13)14/h1,3-4H,2,5-12H2. The maximum atomic E-state index is 13.1. The predicted molar refractivity (Wildman–Crippen MR) is 89.4 cm³/mol. The Morgan fingerprint density at radius 2 is 1.92 bits per heavy atom. The van der Waals surface area contributed by atoms with Crippen LogP contribution >= 0.6 is 0 Å². The highest BCUT2D eigenvalue weighted by atomic mass is 32.2. The van der Waals surface area contributed by atoms with Gasteiger partial charge in [-0.05, 0) is 30.9 Å². The lowest BCUT2D eigenvalue weighted by molar-refractivity contribution is 0.301. The van der Waals surface area contributed by atoms with Gasteiger partial charge < -0.3 is 4.74 Å². The van der Waals surface area contributed by atoms with Crippen molar-refractivity contribution in [2.75, 3.05) is 25.4 Å². The summed E-state index contributed by atoms with van der Waals surface area (Å²) in [6, 6.07) is 5.15. The van der Waals surface area contributed by atoms with E-state index in [0.717, 1.165) is 12.0 Å². The van der Waals surface area contributed by atoms with Gasteiger partial charge in [-0.25, -0.2) is 16.8 Å². The molecule has 8 heteroatoms. The van der Waals surface area contributed by atoms with Crippen molar-refractivity contribution < 1.29 is 21.6 Å². The smallest absolute Gasteiger partial charge is 0.246 e. The first kappa shape index (κ1) is 16.4. The van der Waals surface area contributed by atoms with E-state index < -0.39 is 24.6 Å². The van der Waals surface area contributed by atoms with Crippen molar-refractivity contribution in [3.63, 3.8) is 0 Å². The first-order valence-corrected chi connectivity index (χ1v) is 11.4. The largest absolute Gasteiger partial charge is 0.492 e. The third kappa shape index (κ3) is 2.30. The molecule has 0 radical (unpaired) electrons.